The zero-order valence-corrected chi connectivity index (χ0v) is 7.03. The molecule has 3 nitrogen and oxygen atoms in total. The first-order valence-electron chi connectivity index (χ1n) is 3.76. The van der Waals surface area contributed by atoms with E-state index in [1.165, 1.54) is 0 Å². The van der Waals surface area contributed by atoms with Crippen LogP contribution in [0.3, 0.4) is 0 Å². The highest BCUT2D eigenvalue weighted by atomic mass is 16.9. The summed E-state index contributed by atoms with van der Waals surface area (Å²) >= 11 is 0. The predicted octanol–water partition coefficient (Wildman–Crippen LogP) is 1.78. The van der Waals surface area contributed by atoms with Gasteiger partial charge in [-0.1, -0.05) is 12.1 Å². The summed E-state index contributed by atoms with van der Waals surface area (Å²) in [6, 6.07) is 7.48. The van der Waals surface area contributed by atoms with Gasteiger partial charge < -0.3 is 14.2 Å². The van der Waals surface area contributed by atoms with Crippen LogP contribution in [-0.4, -0.2) is 13.1 Å². The maximum atomic E-state index is 5.40. The molecule has 1 aromatic carbocycles. The summed E-state index contributed by atoms with van der Waals surface area (Å²) in [6.45, 7) is 1.73. The highest BCUT2D eigenvalue weighted by Gasteiger charge is 2.36. The minimum absolute atomic E-state index is 0.724. The second-order valence-corrected chi connectivity index (χ2v) is 2.72. The van der Waals surface area contributed by atoms with Gasteiger partial charge in [0, 0.05) is 14.0 Å². The summed E-state index contributed by atoms with van der Waals surface area (Å²) < 4.78 is 15.8. The van der Waals surface area contributed by atoms with E-state index in [9.17, 15) is 0 Å². The maximum absolute atomic E-state index is 5.40. The van der Waals surface area contributed by atoms with E-state index >= 15 is 0 Å². The third-order valence-corrected chi connectivity index (χ3v) is 1.81. The van der Waals surface area contributed by atoms with Gasteiger partial charge in [0.2, 0.25) is 0 Å². The number of para-hydroxylation sites is 2. The second-order valence-electron chi connectivity index (χ2n) is 2.72. The average Bonchev–Trinajstić information content (AvgIpc) is 2.42. The fraction of sp³-hybridized carbons (Fsp3) is 0.333. The van der Waals surface area contributed by atoms with Gasteiger partial charge in [-0.2, -0.15) is 0 Å². The highest BCUT2D eigenvalue weighted by Crippen LogP contribution is 2.38. The largest absolute Gasteiger partial charge is 0.426 e. The Balaban J connectivity index is 2.33. The zero-order chi connectivity index (χ0) is 8.60. The molecule has 0 atom stereocenters. The van der Waals surface area contributed by atoms with Crippen LogP contribution in [0.5, 0.6) is 11.5 Å². The minimum atomic E-state index is -0.955. The molecule has 1 heterocycles. The van der Waals surface area contributed by atoms with Crippen molar-refractivity contribution in [3.63, 3.8) is 0 Å². The lowest BCUT2D eigenvalue weighted by molar-refractivity contribution is -0.254. The smallest absolute Gasteiger partial charge is 0.368 e. The molecule has 64 valence electrons. The van der Waals surface area contributed by atoms with Crippen molar-refractivity contribution in [1.29, 1.82) is 0 Å². The van der Waals surface area contributed by atoms with Gasteiger partial charge in [0.25, 0.3) is 0 Å². The zero-order valence-electron chi connectivity index (χ0n) is 7.03. The number of benzene rings is 1. The molecule has 0 spiro atoms. The Hall–Kier alpha value is -1.22. The fourth-order valence-corrected chi connectivity index (χ4v) is 1.12. The van der Waals surface area contributed by atoms with E-state index in [1.807, 2.05) is 24.3 Å². The molecule has 0 aliphatic carbocycles. The summed E-state index contributed by atoms with van der Waals surface area (Å²) in [4.78, 5) is 0. The van der Waals surface area contributed by atoms with E-state index in [1.54, 1.807) is 14.0 Å². The molecule has 2 rings (SSSR count). The van der Waals surface area contributed by atoms with Crippen LogP contribution in [0.25, 0.3) is 0 Å². The topological polar surface area (TPSA) is 27.7 Å². The Kier molecular flexibility index (Phi) is 1.48. The van der Waals surface area contributed by atoms with E-state index < -0.39 is 5.97 Å². The number of methoxy groups -OCH3 is 1. The van der Waals surface area contributed by atoms with Gasteiger partial charge in [-0.05, 0) is 12.1 Å². The summed E-state index contributed by atoms with van der Waals surface area (Å²) in [5, 5.41) is 0. The number of hydrogen-bond acceptors (Lipinski definition) is 3. The highest BCUT2D eigenvalue weighted by molar-refractivity contribution is 5.42. The quantitative estimate of drug-likeness (QED) is 0.636. The van der Waals surface area contributed by atoms with Gasteiger partial charge in [-0.15, -0.1) is 0 Å². The van der Waals surface area contributed by atoms with Crippen molar-refractivity contribution < 1.29 is 14.2 Å². The molecule has 1 aliphatic rings. The predicted molar refractivity (Wildman–Crippen MR) is 43.1 cm³/mol. The Morgan fingerprint density at radius 2 is 1.67 bits per heavy atom. The Bertz CT molecular complexity index is 271. The summed E-state index contributed by atoms with van der Waals surface area (Å²) in [6.07, 6.45) is 0. The number of fused-ring (bicyclic) bond motifs is 1. The molecule has 1 aromatic rings. The van der Waals surface area contributed by atoms with Crippen LogP contribution in [0, 0.1) is 0 Å². The summed E-state index contributed by atoms with van der Waals surface area (Å²) in [7, 11) is 1.55. The van der Waals surface area contributed by atoms with Crippen molar-refractivity contribution in [2.24, 2.45) is 0 Å². The number of ether oxygens (including phenoxy) is 3. The van der Waals surface area contributed by atoms with Crippen molar-refractivity contribution in [3.05, 3.63) is 24.3 Å². The van der Waals surface area contributed by atoms with E-state index in [0.717, 1.165) is 11.5 Å². The van der Waals surface area contributed by atoms with Gasteiger partial charge >= 0.3 is 5.97 Å². The van der Waals surface area contributed by atoms with Gasteiger partial charge in [0.1, 0.15) is 0 Å². The second kappa shape index (κ2) is 2.38. The first-order valence-corrected chi connectivity index (χ1v) is 3.76. The lowest BCUT2D eigenvalue weighted by atomic mass is 10.3. The lowest BCUT2D eigenvalue weighted by Crippen LogP contribution is -2.36. The molecule has 1 aliphatic heterocycles. The van der Waals surface area contributed by atoms with Crippen LogP contribution in [-0.2, 0) is 4.74 Å². The van der Waals surface area contributed by atoms with E-state index in [4.69, 9.17) is 14.2 Å². The molecule has 0 fully saturated rings. The standard InChI is InChI=1S/C9H10O3/c1-9(10-2)11-7-5-3-4-6-8(7)12-9/h3-6H,1-2H3. The van der Waals surface area contributed by atoms with Crippen molar-refractivity contribution in [2.75, 3.05) is 7.11 Å². The molecule has 0 saturated heterocycles. The van der Waals surface area contributed by atoms with E-state index in [-0.39, 0.29) is 0 Å². The molecule has 0 radical (unpaired) electrons. The van der Waals surface area contributed by atoms with Gasteiger partial charge in [-0.3, -0.25) is 0 Å². The van der Waals surface area contributed by atoms with Gasteiger partial charge in [0.05, 0.1) is 0 Å². The minimum Gasteiger partial charge on any atom is -0.426 e. The molecule has 3 heteroatoms. The lowest BCUT2D eigenvalue weighted by Gasteiger charge is -2.19. The number of hydrogen-bond donors (Lipinski definition) is 0. The van der Waals surface area contributed by atoms with Gasteiger partial charge in [0.15, 0.2) is 11.5 Å². The molecule has 0 unspecified atom stereocenters. The third-order valence-electron chi connectivity index (χ3n) is 1.81. The third kappa shape index (κ3) is 1.02. The van der Waals surface area contributed by atoms with Crippen LogP contribution < -0.4 is 9.47 Å². The first-order chi connectivity index (χ1) is 5.73. The van der Waals surface area contributed by atoms with E-state index in [2.05, 4.69) is 0 Å². The van der Waals surface area contributed by atoms with Crippen molar-refractivity contribution >= 4 is 0 Å². The molecule has 0 aromatic heterocycles. The Labute approximate surface area is 70.9 Å². The normalized spacial score (nSPS) is 17.8. The van der Waals surface area contributed by atoms with Crippen LogP contribution in [0.4, 0.5) is 0 Å². The van der Waals surface area contributed by atoms with Crippen LogP contribution in [0.1, 0.15) is 6.92 Å². The van der Waals surface area contributed by atoms with Crippen LogP contribution >= 0.6 is 0 Å². The van der Waals surface area contributed by atoms with Crippen molar-refractivity contribution in [2.45, 2.75) is 12.9 Å². The summed E-state index contributed by atoms with van der Waals surface area (Å²) in [5.41, 5.74) is 0. The molecule has 12 heavy (non-hydrogen) atoms. The van der Waals surface area contributed by atoms with E-state index in [0.29, 0.717) is 0 Å². The SMILES string of the molecule is COC1(C)Oc2ccccc2O1. The molecule has 0 bridgehead atoms. The summed E-state index contributed by atoms with van der Waals surface area (Å²) in [5.74, 6) is 0.493. The molecule has 0 N–H and O–H groups in total. The number of rotatable bonds is 1. The fourth-order valence-electron chi connectivity index (χ4n) is 1.12. The van der Waals surface area contributed by atoms with Crippen molar-refractivity contribution in [3.8, 4) is 11.5 Å². The van der Waals surface area contributed by atoms with Crippen LogP contribution in [0.2, 0.25) is 0 Å². The molecule has 0 amide bonds. The van der Waals surface area contributed by atoms with Crippen molar-refractivity contribution in [1.82, 2.24) is 0 Å². The Morgan fingerprint density at radius 1 is 1.17 bits per heavy atom. The molecular formula is C9H10O3. The monoisotopic (exact) mass is 166 g/mol. The van der Waals surface area contributed by atoms with Gasteiger partial charge in [-0.25, -0.2) is 0 Å². The first kappa shape index (κ1) is 7.43. The maximum Gasteiger partial charge on any atom is 0.368 e. The van der Waals surface area contributed by atoms with Crippen LogP contribution in [0.15, 0.2) is 24.3 Å². The molecular weight excluding hydrogens is 156 g/mol. The molecule has 0 saturated carbocycles. The average molecular weight is 166 g/mol. The Morgan fingerprint density at radius 3 is 2.08 bits per heavy atom.